The van der Waals surface area contributed by atoms with Crippen molar-refractivity contribution < 1.29 is 0 Å². The molecule has 1 aliphatic carbocycles. The molecule has 35 heavy (non-hydrogen) atoms. The summed E-state index contributed by atoms with van der Waals surface area (Å²) in [5.41, 5.74) is 8.01. The zero-order valence-electron chi connectivity index (χ0n) is 20.0. The second-order valence-corrected chi connectivity index (χ2v) is 12.3. The second-order valence-electron chi connectivity index (χ2n) is 10.1. The van der Waals surface area contributed by atoms with Crippen LogP contribution < -0.4 is 0 Å². The van der Waals surface area contributed by atoms with Gasteiger partial charge in [-0.1, -0.05) is 0 Å². The Hall–Kier alpha value is -3.38. The molecule has 1 heteroatoms. The van der Waals surface area contributed by atoms with Crippen molar-refractivity contribution in [3.63, 3.8) is 0 Å². The van der Waals surface area contributed by atoms with Crippen LogP contribution in [0, 0.1) is 0 Å². The Morgan fingerprint density at radius 1 is 0.457 bits per heavy atom. The van der Waals surface area contributed by atoms with Crippen molar-refractivity contribution in [1.29, 1.82) is 0 Å². The zero-order chi connectivity index (χ0) is 23.6. The molecule has 0 amide bonds. The molecule has 0 saturated carbocycles. The van der Waals surface area contributed by atoms with E-state index in [1.165, 1.54) is 52.7 Å². The molecule has 0 bridgehead atoms. The van der Waals surface area contributed by atoms with Crippen LogP contribution in [0.15, 0.2) is 121 Å². The molecule has 168 valence electrons. The molecule has 0 spiro atoms. The molecule has 0 fully saturated rings. The Morgan fingerprint density at radius 3 is 1.66 bits per heavy atom. The molecule has 5 aromatic carbocycles. The molecule has 1 aliphatic rings. The minimum atomic E-state index is -0.362. The third kappa shape index (κ3) is 2.74. The van der Waals surface area contributed by atoms with Crippen LogP contribution in [0.2, 0.25) is 0 Å². The molecule has 7 rings (SSSR count). The van der Waals surface area contributed by atoms with Gasteiger partial charge in [0, 0.05) is 0 Å². The van der Waals surface area contributed by atoms with Gasteiger partial charge in [0.25, 0.3) is 0 Å². The first-order valence-corrected chi connectivity index (χ1v) is 14.0. The molecular formula is C34H26Se. The Morgan fingerprint density at radius 2 is 0.971 bits per heavy atom. The summed E-state index contributed by atoms with van der Waals surface area (Å²) in [6.07, 6.45) is 0. The molecule has 0 saturated heterocycles. The Bertz CT molecular complexity index is 1670. The van der Waals surface area contributed by atoms with Crippen LogP contribution in [-0.4, -0.2) is 14.5 Å². The standard InChI is InChI=1S/C34H26Se/c1-33(2)26-17-7-9-19-28(26)34(23-13-4-3-5-14-23,29-20-10-8-18-27(29)33)30-21-12-16-25-24-15-6-11-22-31(24)35-32(25)30/h3-22H,1-2H3. The van der Waals surface area contributed by atoms with E-state index in [-0.39, 0.29) is 25.3 Å². The van der Waals surface area contributed by atoms with E-state index in [0.717, 1.165) is 0 Å². The zero-order valence-corrected chi connectivity index (χ0v) is 21.7. The third-order valence-electron chi connectivity index (χ3n) is 8.02. The van der Waals surface area contributed by atoms with Gasteiger partial charge in [-0.3, -0.25) is 0 Å². The molecular weight excluding hydrogens is 487 g/mol. The van der Waals surface area contributed by atoms with Crippen molar-refractivity contribution >= 4 is 33.8 Å². The van der Waals surface area contributed by atoms with E-state index in [1.54, 1.807) is 0 Å². The van der Waals surface area contributed by atoms with Crippen LogP contribution in [-0.2, 0) is 10.8 Å². The van der Waals surface area contributed by atoms with E-state index >= 15 is 0 Å². The second kappa shape index (κ2) is 7.56. The van der Waals surface area contributed by atoms with Gasteiger partial charge in [0.2, 0.25) is 0 Å². The van der Waals surface area contributed by atoms with Gasteiger partial charge in [-0.05, 0) is 0 Å². The summed E-state index contributed by atoms with van der Waals surface area (Å²) >= 11 is 0.265. The quantitative estimate of drug-likeness (QED) is 0.205. The van der Waals surface area contributed by atoms with E-state index in [2.05, 4.69) is 135 Å². The van der Waals surface area contributed by atoms with Crippen LogP contribution in [0.25, 0.3) is 19.3 Å². The third-order valence-corrected chi connectivity index (χ3v) is 10.6. The Balaban J connectivity index is 1.74. The van der Waals surface area contributed by atoms with Crippen LogP contribution in [0.4, 0.5) is 0 Å². The van der Waals surface area contributed by atoms with Crippen LogP contribution in [0.3, 0.4) is 0 Å². The number of benzene rings is 5. The van der Waals surface area contributed by atoms with E-state index in [0.29, 0.717) is 0 Å². The van der Waals surface area contributed by atoms with Crippen molar-refractivity contribution in [2.24, 2.45) is 0 Å². The predicted octanol–water partition coefficient (Wildman–Crippen LogP) is 8.07. The van der Waals surface area contributed by atoms with Crippen molar-refractivity contribution in [3.8, 4) is 0 Å². The van der Waals surface area contributed by atoms with Gasteiger partial charge in [0.1, 0.15) is 0 Å². The van der Waals surface area contributed by atoms with Crippen LogP contribution in [0.5, 0.6) is 0 Å². The number of fused-ring (bicyclic) bond motifs is 5. The summed E-state index contributed by atoms with van der Waals surface area (Å²) in [6, 6.07) is 45.5. The molecule has 0 radical (unpaired) electrons. The normalized spacial score (nSPS) is 15.6. The Kier molecular flexibility index (Phi) is 4.52. The van der Waals surface area contributed by atoms with Crippen molar-refractivity contribution in [3.05, 3.63) is 155 Å². The summed E-state index contributed by atoms with van der Waals surface area (Å²) in [7, 11) is 0. The molecule has 1 aromatic heterocycles. The van der Waals surface area contributed by atoms with Crippen molar-refractivity contribution in [2.45, 2.75) is 24.7 Å². The average Bonchev–Trinajstić information content (AvgIpc) is 3.29. The fourth-order valence-electron chi connectivity index (χ4n) is 6.49. The van der Waals surface area contributed by atoms with Crippen molar-refractivity contribution in [1.82, 2.24) is 0 Å². The SMILES string of the molecule is CC1(C)c2ccccc2C(c2ccccc2)(c2cccc3c2[se]c2ccccc23)c2ccccc21. The van der Waals surface area contributed by atoms with Gasteiger partial charge in [-0.15, -0.1) is 0 Å². The maximum absolute atomic E-state index is 2.41. The molecule has 0 N–H and O–H groups in total. The topological polar surface area (TPSA) is 0 Å². The average molecular weight is 514 g/mol. The monoisotopic (exact) mass is 514 g/mol. The van der Waals surface area contributed by atoms with Gasteiger partial charge in [0.05, 0.1) is 0 Å². The van der Waals surface area contributed by atoms with Crippen LogP contribution in [0.1, 0.15) is 47.2 Å². The van der Waals surface area contributed by atoms with Gasteiger partial charge >= 0.3 is 213 Å². The summed E-state index contributed by atoms with van der Waals surface area (Å²) in [6.45, 7) is 4.77. The van der Waals surface area contributed by atoms with E-state index in [1.807, 2.05) is 0 Å². The van der Waals surface area contributed by atoms with Gasteiger partial charge in [-0.2, -0.15) is 0 Å². The van der Waals surface area contributed by atoms with Crippen LogP contribution >= 0.6 is 0 Å². The first-order valence-electron chi connectivity index (χ1n) is 12.3. The van der Waals surface area contributed by atoms with Gasteiger partial charge in [-0.25, -0.2) is 0 Å². The van der Waals surface area contributed by atoms with E-state index in [4.69, 9.17) is 0 Å². The Labute approximate surface area is 212 Å². The van der Waals surface area contributed by atoms with E-state index < -0.39 is 0 Å². The maximum atomic E-state index is 2.41. The molecule has 6 aromatic rings. The molecule has 0 aliphatic heterocycles. The van der Waals surface area contributed by atoms with Gasteiger partial charge < -0.3 is 0 Å². The minimum absolute atomic E-state index is 0.0719. The fourth-order valence-corrected chi connectivity index (χ4v) is 9.16. The molecule has 0 nitrogen and oxygen atoms in total. The fraction of sp³-hybridized carbons (Fsp3) is 0.118. The first-order chi connectivity index (χ1) is 17.1. The number of rotatable bonds is 2. The molecule has 0 unspecified atom stereocenters. The first kappa shape index (κ1) is 20.9. The number of hydrogen-bond donors (Lipinski definition) is 0. The van der Waals surface area contributed by atoms with Crippen molar-refractivity contribution in [2.75, 3.05) is 0 Å². The van der Waals surface area contributed by atoms with Gasteiger partial charge in [0.15, 0.2) is 0 Å². The summed E-state index contributed by atoms with van der Waals surface area (Å²) in [5, 5.41) is 2.82. The molecule has 1 heterocycles. The summed E-state index contributed by atoms with van der Waals surface area (Å²) in [5.74, 6) is 0. The summed E-state index contributed by atoms with van der Waals surface area (Å²) in [4.78, 5) is 0. The summed E-state index contributed by atoms with van der Waals surface area (Å²) < 4.78 is 3.01. The number of hydrogen-bond acceptors (Lipinski definition) is 0. The predicted molar refractivity (Wildman–Crippen MR) is 149 cm³/mol. The molecule has 0 atom stereocenters. The van der Waals surface area contributed by atoms with E-state index in [9.17, 15) is 0 Å².